The molecule has 0 saturated carbocycles. The molecule has 0 bridgehead atoms. The van der Waals surface area contributed by atoms with E-state index in [-0.39, 0.29) is 5.91 Å². The third kappa shape index (κ3) is 4.47. The van der Waals surface area contributed by atoms with E-state index in [1.54, 1.807) is 32.4 Å². The molecule has 0 aliphatic rings. The molecule has 6 heteroatoms. The highest BCUT2D eigenvalue weighted by atomic mass is 16.5. The Balaban J connectivity index is 2.10. The lowest BCUT2D eigenvalue weighted by molar-refractivity contribution is -0.116. The lowest BCUT2D eigenvalue weighted by Crippen LogP contribution is -2.20. The highest BCUT2D eigenvalue weighted by Crippen LogP contribution is 2.40. The molecule has 0 aromatic heterocycles. The van der Waals surface area contributed by atoms with Gasteiger partial charge in [-0.2, -0.15) is 0 Å². The largest absolute Gasteiger partial charge is 0.496 e. The van der Waals surface area contributed by atoms with Crippen LogP contribution in [0.3, 0.4) is 0 Å². The van der Waals surface area contributed by atoms with Crippen molar-refractivity contribution in [3.8, 4) is 23.0 Å². The van der Waals surface area contributed by atoms with Crippen molar-refractivity contribution in [3.63, 3.8) is 0 Å². The first kappa shape index (κ1) is 19.2. The summed E-state index contributed by atoms with van der Waals surface area (Å²) >= 11 is 0. The average molecular weight is 357 g/mol. The molecule has 0 aliphatic carbocycles. The van der Waals surface area contributed by atoms with Gasteiger partial charge in [-0.25, -0.2) is 0 Å². The first-order valence-electron chi connectivity index (χ1n) is 8.01. The van der Waals surface area contributed by atoms with Gasteiger partial charge in [0.15, 0.2) is 11.5 Å². The van der Waals surface area contributed by atoms with Gasteiger partial charge in [0, 0.05) is 23.7 Å². The minimum absolute atomic E-state index is 0.229. The topological polar surface area (TPSA) is 66.0 Å². The van der Waals surface area contributed by atoms with Crippen molar-refractivity contribution in [2.24, 2.45) is 0 Å². The van der Waals surface area contributed by atoms with Gasteiger partial charge in [-0.1, -0.05) is 18.2 Å². The molecular weight excluding hydrogens is 334 g/mol. The zero-order valence-electron chi connectivity index (χ0n) is 15.4. The third-order valence-corrected chi connectivity index (χ3v) is 3.79. The molecule has 0 aliphatic heterocycles. The Morgan fingerprint density at radius 2 is 1.58 bits per heavy atom. The fraction of sp³-hybridized carbons (Fsp3) is 0.250. The molecule has 2 rings (SSSR count). The predicted molar refractivity (Wildman–Crippen MR) is 100.0 cm³/mol. The van der Waals surface area contributed by atoms with Crippen molar-refractivity contribution in [2.45, 2.75) is 6.54 Å². The van der Waals surface area contributed by atoms with E-state index in [1.807, 2.05) is 24.3 Å². The molecule has 0 radical (unpaired) electrons. The summed E-state index contributed by atoms with van der Waals surface area (Å²) < 4.78 is 21.3. The van der Waals surface area contributed by atoms with Crippen LogP contribution in [0.1, 0.15) is 11.1 Å². The summed E-state index contributed by atoms with van der Waals surface area (Å²) in [7, 11) is 6.23. The molecule has 0 unspecified atom stereocenters. The summed E-state index contributed by atoms with van der Waals surface area (Å²) in [5.74, 6) is 2.04. The Morgan fingerprint density at radius 3 is 2.23 bits per heavy atom. The van der Waals surface area contributed by atoms with E-state index in [4.69, 9.17) is 18.9 Å². The Labute approximate surface area is 153 Å². The summed E-state index contributed by atoms with van der Waals surface area (Å²) in [4.78, 5) is 12.1. The van der Waals surface area contributed by atoms with Crippen LogP contribution in [0.25, 0.3) is 6.08 Å². The summed E-state index contributed by atoms with van der Waals surface area (Å²) in [6.45, 7) is 0.371. The van der Waals surface area contributed by atoms with Crippen LogP contribution in [-0.2, 0) is 11.3 Å². The number of hydrogen-bond acceptors (Lipinski definition) is 5. The second-order valence-electron chi connectivity index (χ2n) is 5.29. The molecule has 0 saturated heterocycles. The smallest absolute Gasteiger partial charge is 0.244 e. The second kappa shape index (κ2) is 9.36. The molecule has 0 spiro atoms. The monoisotopic (exact) mass is 357 g/mol. The molecular formula is C20H23NO5. The SMILES string of the molecule is COc1ccccc1CNC(=O)/C=C/c1ccc(OC)c(OC)c1OC. The van der Waals surface area contributed by atoms with Gasteiger partial charge in [0.2, 0.25) is 11.7 Å². The lowest BCUT2D eigenvalue weighted by atomic mass is 10.1. The molecule has 2 aromatic carbocycles. The normalized spacial score (nSPS) is 10.5. The first-order chi connectivity index (χ1) is 12.6. The van der Waals surface area contributed by atoms with Crippen LogP contribution in [0.4, 0.5) is 0 Å². The summed E-state index contributed by atoms with van der Waals surface area (Å²) in [6.07, 6.45) is 3.11. The fourth-order valence-corrected chi connectivity index (χ4v) is 2.51. The quantitative estimate of drug-likeness (QED) is 0.736. The van der Waals surface area contributed by atoms with E-state index < -0.39 is 0 Å². The number of para-hydroxylation sites is 1. The fourth-order valence-electron chi connectivity index (χ4n) is 2.51. The number of rotatable bonds is 8. The molecule has 0 heterocycles. The minimum atomic E-state index is -0.229. The number of amides is 1. The van der Waals surface area contributed by atoms with Crippen LogP contribution in [0.5, 0.6) is 23.0 Å². The Kier molecular flexibility index (Phi) is 6.91. The van der Waals surface area contributed by atoms with Gasteiger partial charge < -0.3 is 24.3 Å². The van der Waals surface area contributed by atoms with E-state index in [9.17, 15) is 4.79 Å². The van der Waals surface area contributed by atoms with Crippen molar-refractivity contribution in [1.29, 1.82) is 0 Å². The summed E-state index contributed by atoms with van der Waals surface area (Å²) in [5, 5.41) is 2.83. The van der Waals surface area contributed by atoms with Crippen molar-refractivity contribution in [1.82, 2.24) is 5.32 Å². The Hall–Kier alpha value is -3.15. The van der Waals surface area contributed by atoms with Crippen LogP contribution >= 0.6 is 0 Å². The van der Waals surface area contributed by atoms with Crippen LogP contribution < -0.4 is 24.3 Å². The second-order valence-corrected chi connectivity index (χ2v) is 5.29. The molecule has 6 nitrogen and oxygen atoms in total. The Bertz CT molecular complexity index is 786. The van der Waals surface area contributed by atoms with Crippen molar-refractivity contribution in [3.05, 3.63) is 53.6 Å². The maximum absolute atomic E-state index is 12.1. The Morgan fingerprint density at radius 1 is 0.885 bits per heavy atom. The lowest BCUT2D eigenvalue weighted by Gasteiger charge is -2.14. The highest BCUT2D eigenvalue weighted by molar-refractivity contribution is 5.92. The van der Waals surface area contributed by atoms with Gasteiger partial charge in [0.25, 0.3) is 0 Å². The van der Waals surface area contributed by atoms with Crippen molar-refractivity contribution >= 4 is 12.0 Å². The molecule has 26 heavy (non-hydrogen) atoms. The van der Waals surface area contributed by atoms with Gasteiger partial charge >= 0.3 is 0 Å². The zero-order valence-corrected chi connectivity index (χ0v) is 15.4. The van der Waals surface area contributed by atoms with E-state index in [0.717, 1.165) is 11.3 Å². The van der Waals surface area contributed by atoms with Gasteiger partial charge in [-0.15, -0.1) is 0 Å². The number of hydrogen-bond donors (Lipinski definition) is 1. The zero-order chi connectivity index (χ0) is 18.9. The average Bonchev–Trinajstić information content (AvgIpc) is 2.69. The number of nitrogens with one attached hydrogen (secondary N) is 1. The molecule has 0 atom stereocenters. The first-order valence-corrected chi connectivity index (χ1v) is 8.01. The number of ether oxygens (including phenoxy) is 4. The number of methoxy groups -OCH3 is 4. The van der Waals surface area contributed by atoms with Crippen LogP contribution in [0.15, 0.2) is 42.5 Å². The van der Waals surface area contributed by atoms with E-state index in [2.05, 4.69) is 5.32 Å². The molecule has 2 aromatic rings. The van der Waals surface area contributed by atoms with Gasteiger partial charge in [-0.3, -0.25) is 4.79 Å². The van der Waals surface area contributed by atoms with Crippen molar-refractivity contribution < 1.29 is 23.7 Å². The van der Waals surface area contributed by atoms with Crippen molar-refractivity contribution in [2.75, 3.05) is 28.4 Å². The highest BCUT2D eigenvalue weighted by Gasteiger charge is 2.14. The molecule has 0 fully saturated rings. The van der Waals surface area contributed by atoms with Gasteiger partial charge in [-0.05, 0) is 24.3 Å². The maximum Gasteiger partial charge on any atom is 0.244 e. The third-order valence-electron chi connectivity index (χ3n) is 3.79. The maximum atomic E-state index is 12.1. The summed E-state index contributed by atoms with van der Waals surface area (Å²) in [6, 6.07) is 11.1. The van der Waals surface area contributed by atoms with Crippen LogP contribution in [0, 0.1) is 0 Å². The van der Waals surface area contributed by atoms with Crippen LogP contribution in [0.2, 0.25) is 0 Å². The molecule has 1 amide bonds. The van der Waals surface area contributed by atoms with Crippen LogP contribution in [-0.4, -0.2) is 34.3 Å². The molecule has 1 N–H and O–H groups in total. The van der Waals surface area contributed by atoms with E-state index >= 15 is 0 Å². The predicted octanol–water partition coefficient (Wildman–Crippen LogP) is 3.05. The number of carbonyl (C=O) groups excluding carboxylic acids is 1. The van der Waals surface area contributed by atoms with Gasteiger partial charge in [0.05, 0.1) is 28.4 Å². The van der Waals surface area contributed by atoms with Gasteiger partial charge in [0.1, 0.15) is 5.75 Å². The minimum Gasteiger partial charge on any atom is -0.496 e. The number of benzene rings is 2. The number of carbonyl (C=O) groups is 1. The summed E-state index contributed by atoms with van der Waals surface area (Å²) in [5.41, 5.74) is 1.61. The van der Waals surface area contributed by atoms with E-state index in [1.165, 1.54) is 20.3 Å². The standard InChI is InChI=1S/C20H23NO5/c1-23-16-8-6-5-7-15(16)13-21-18(22)12-10-14-9-11-17(24-2)20(26-4)19(14)25-3/h5-12H,13H2,1-4H3,(H,21,22)/b12-10+. The van der Waals surface area contributed by atoms with E-state index in [0.29, 0.717) is 29.4 Å². The molecule has 138 valence electrons.